The molecule has 3 unspecified atom stereocenters. The van der Waals surface area contributed by atoms with Crippen LogP contribution in [0.25, 0.3) is 0 Å². The molecule has 1 saturated carbocycles. The number of hydrogen-bond donors (Lipinski definition) is 1. The van der Waals surface area contributed by atoms with Gasteiger partial charge in [0.05, 0.1) is 0 Å². The van der Waals surface area contributed by atoms with Crippen molar-refractivity contribution in [1.82, 2.24) is 5.32 Å². The van der Waals surface area contributed by atoms with Gasteiger partial charge in [-0.1, -0.05) is 50.6 Å². The first-order valence-electron chi connectivity index (χ1n) is 8.86. The highest BCUT2D eigenvalue weighted by atomic mass is 14.8. The van der Waals surface area contributed by atoms with Gasteiger partial charge in [-0.25, -0.2) is 0 Å². The van der Waals surface area contributed by atoms with Crippen LogP contribution in [0.5, 0.6) is 0 Å². The molecule has 1 fully saturated rings. The van der Waals surface area contributed by atoms with Crippen molar-refractivity contribution >= 4 is 0 Å². The third-order valence-electron chi connectivity index (χ3n) is 5.36. The fraction of sp³-hybridized carbons (Fsp3) is 0.700. The first-order chi connectivity index (χ1) is 10.1. The highest BCUT2D eigenvalue weighted by Crippen LogP contribution is 2.39. The summed E-state index contributed by atoms with van der Waals surface area (Å²) in [6.45, 7) is 11.5. The predicted molar refractivity (Wildman–Crippen MR) is 92.6 cm³/mol. The van der Waals surface area contributed by atoms with Gasteiger partial charge in [-0.2, -0.15) is 0 Å². The third-order valence-corrected chi connectivity index (χ3v) is 5.36. The lowest BCUT2D eigenvalue weighted by Gasteiger charge is -2.38. The van der Waals surface area contributed by atoms with Crippen LogP contribution in [0.3, 0.4) is 0 Å². The summed E-state index contributed by atoms with van der Waals surface area (Å²) < 4.78 is 0. The number of rotatable bonds is 6. The van der Waals surface area contributed by atoms with Crippen LogP contribution in [0, 0.1) is 30.6 Å². The maximum absolute atomic E-state index is 3.59. The first kappa shape index (κ1) is 16.5. The van der Waals surface area contributed by atoms with Crippen molar-refractivity contribution in [3.63, 3.8) is 0 Å². The van der Waals surface area contributed by atoms with E-state index >= 15 is 0 Å². The molecule has 0 aromatic heterocycles. The van der Waals surface area contributed by atoms with Crippen molar-refractivity contribution in [2.75, 3.05) is 13.1 Å². The van der Waals surface area contributed by atoms with E-state index in [1.165, 1.54) is 43.4 Å². The molecule has 0 aliphatic heterocycles. The summed E-state index contributed by atoms with van der Waals surface area (Å²) in [5.74, 6) is 3.48. The lowest BCUT2D eigenvalue weighted by atomic mass is 9.68. The SMILES string of the molecule is CCNCC1CCC(C(C)C)CC1Cc1cccc(C)c1. The minimum Gasteiger partial charge on any atom is -0.317 e. The summed E-state index contributed by atoms with van der Waals surface area (Å²) in [5.41, 5.74) is 2.93. The molecule has 0 amide bonds. The highest BCUT2D eigenvalue weighted by molar-refractivity contribution is 5.22. The smallest absolute Gasteiger partial charge is 0.00179 e. The van der Waals surface area contributed by atoms with E-state index in [0.717, 1.165) is 30.2 Å². The van der Waals surface area contributed by atoms with Crippen LogP contribution < -0.4 is 5.32 Å². The van der Waals surface area contributed by atoms with Crippen molar-refractivity contribution in [3.05, 3.63) is 35.4 Å². The molecule has 1 aromatic rings. The molecule has 118 valence electrons. The van der Waals surface area contributed by atoms with Crippen LogP contribution in [0.15, 0.2) is 24.3 Å². The Balaban J connectivity index is 2.05. The maximum Gasteiger partial charge on any atom is -0.00179 e. The molecule has 1 aliphatic rings. The molecule has 21 heavy (non-hydrogen) atoms. The van der Waals surface area contributed by atoms with Gasteiger partial charge in [-0.15, -0.1) is 0 Å². The molecule has 1 N–H and O–H groups in total. The van der Waals surface area contributed by atoms with E-state index in [-0.39, 0.29) is 0 Å². The lowest BCUT2D eigenvalue weighted by Crippen LogP contribution is -2.35. The van der Waals surface area contributed by atoms with Crippen LogP contribution in [0.1, 0.15) is 51.2 Å². The van der Waals surface area contributed by atoms with Crippen molar-refractivity contribution in [1.29, 1.82) is 0 Å². The summed E-state index contributed by atoms with van der Waals surface area (Å²) in [6.07, 6.45) is 5.52. The topological polar surface area (TPSA) is 12.0 Å². The quantitative estimate of drug-likeness (QED) is 0.789. The highest BCUT2D eigenvalue weighted by Gasteiger charge is 2.31. The molecule has 1 heteroatoms. The Labute approximate surface area is 131 Å². The first-order valence-corrected chi connectivity index (χ1v) is 8.86. The maximum atomic E-state index is 3.59. The predicted octanol–water partition coefficient (Wildman–Crippen LogP) is 4.84. The van der Waals surface area contributed by atoms with E-state index in [1.807, 2.05) is 0 Å². The molecule has 2 rings (SSSR count). The summed E-state index contributed by atoms with van der Waals surface area (Å²) in [6, 6.07) is 9.11. The van der Waals surface area contributed by atoms with Crippen molar-refractivity contribution < 1.29 is 0 Å². The Hall–Kier alpha value is -0.820. The molecule has 0 saturated heterocycles. The summed E-state index contributed by atoms with van der Waals surface area (Å²) in [7, 11) is 0. The zero-order chi connectivity index (χ0) is 15.2. The Kier molecular flexibility index (Phi) is 6.29. The van der Waals surface area contributed by atoms with E-state index in [2.05, 4.69) is 57.3 Å². The molecule has 1 aliphatic carbocycles. The molecule has 0 spiro atoms. The second-order valence-electron chi connectivity index (χ2n) is 7.34. The minimum absolute atomic E-state index is 0.838. The van der Waals surface area contributed by atoms with Gasteiger partial charge in [0.25, 0.3) is 0 Å². The average molecular weight is 287 g/mol. The van der Waals surface area contributed by atoms with Gasteiger partial charge in [0.2, 0.25) is 0 Å². The molecule has 1 nitrogen and oxygen atoms in total. The number of hydrogen-bond acceptors (Lipinski definition) is 1. The molecule has 3 atom stereocenters. The third kappa shape index (κ3) is 4.85. The summed E-state index contributed by atoms with van der Waals surface area (Å²) >= 11 is 0. The van der Waals surface area contributed by atoms with Crippen LogP contribution in [-0.4, -0.2) is 13.1 Å². The van der Waals surface area contributed by atoms with E-state index in [0.29, 0.717) is 0 Å². The van der Waals surface area contributed by atoms with Gasteiger partial charge in [-0.3, -0.25) is 0 Å². The second kappa shape index (κ2) is 7.98. The van der Waals surface area contributed by atoms with Crippen molar-refractivity contribution in [2.45, 2.75) is 53.4 Å². The summed E-state index contributed by atoms with van der Waals surface area (Å²) in [5, 5.41) is 3.59. The van der Waals surface area contributed by atoms with E-state index < -0.39 is 0 Å². The largest absolute Gasteiger partial charge is 0.317 e. The molecule has 1 aromatic carbocycles. The molecule has 0 radical (unpaired) electrons. The Morgan fingerprint density at radius 2 is 2.00 bits per heavy atom. The average Bonchev–Trinajstić information content (AvgIpc) is 2.46. The van der Waals surface area contributed by atoms with E-state index in [4.69, 9.17) is 0 Å². The van der Waals surface area contributed by atoms with Crippen LogP contribution in [-0.2, 0) is 6.42 Å². The Bertz CT molecular complexity index is 424. The molecular formula is C20H33N. The van der Waals surface area contributed by atoms with Gasteiger partial charge < -0.3 is 5.32 Å². The normalized spacial score (nSPS) is 26.2. The number of nitrogens with one attached hydrogen (secondary N) is 1. The van der Waals surface area contributed by atoms with Gasteiger partial charge in [0.1, 0.15) is 0 Å². The van der Waals surface area contributed by atoms with Crippen molar-refractivity contribution in [3.8, 4) is 0 Å². The van der Waals surface area contributed by atoms with Gasteiger partial charge in [0, 0.05) is 0 Å². The van der Waals surface area contributed by atoms with E-state index in [9.17, 15) is 0 Å². The zero-order valence-electron chi connectivity index (χ0n) is 14.4. The molecule has 0 heterocycles. The number of aryl methyl sites for hydroxylation is 1. The van der Waals surface area contributed by atoms with Crippen LogP contribution >= 0.6 is 0 Å². The second-order valence-corrected chi connectivity index (χ2v) is 7.34. The lowest BCUT2D eigenvalue weighted by molar-refractivity contribution is 0.145. The monoisotopic (exact) mass is 287 g/mol. The van der Waals surface area contributed by atoms with Gasteiger partial charge in [-0.05, 0) is 74.9 Å². The van der Waals surface area contributed by atoms with Crippen LogP contribution in [0.4, 0.5) is 0 Å². The Morgan fingerprint density at radius 3 is 2.67 bits per heavy atom. The van der Waals surface area contributed by atoms with Gasteiger partial charge >= 0.3 is 0 Å². The minimum atomic E-state index is 0.838. The van der Waals surface area contributed by atoms with Crippen molar-refractivity contribution in [2.24, 2.45) is 23.7 Å². The molecule has 0 bridgehead atoms. The number of benzene rings is 1. The summed E-state index contributed by atoms with van der Waals surface area (Å²) in [4.78, 5) is 0. The fourth-order valence-corrected chi connectivity index (χ4v) is 3.96. The zero-order valence-corrected chi connectivity index (χ0v) is 14.4. The molecular weight excluding hydrogens is 254 g/mol. The van der Waals surface area contributed by atoms with E-state index in [1.54, 1.807) is 0 Å². The standard InChI is InChI=1S/C20H33N/c1-5-21-14-19-10-9-18(15(2)3)13-20(19)12-17-8-6-7-16(4)11-17/h6-8,11,15,18-21H,5,9-10,12-14H2,1-4H3. The Morgan fingerprint density at radius 1 is 1.19 bits per heavy atom. The van der Waals surface area contributed by atoms with Crippen LogP contribution in [0.2, 0.25) is 0 Å². The van der Waals surface area contributed by atoms with Gasteiger partial charge in [0.15, 0.2) is 0 Å². The fourth-order valence-electron chi connectivity index (χ4n) is 3.96.